The summed E-state index contributed by atoms with van der Waals surface area (Å²) in [4.78, 5) is 29.9. The van der Waals surface area contributed by atoms with Crippen molar-refractivity contribution in [2.45, 2.75) is 6.92 Å². The summed E-state index contributed by atoms with van der Waals surface area (Å²) < 4.78 is 18.8. The lowest BCUT2D eigenvalue weighted by atomic mass is 10.0. The molecule has 2 amide bonds. The average Bonchev–Trinajstić information content (AvgIpc) is 3.00. The summed E-state index contributed by atoms with van der Waals surface area (Å²) in [6, 6.07) is 10.9. The first-order valence-corrected chi connectivity index (χ1v) is 10.5. The van der Waals surface area contributed by atoms with Gasteiger partial charge in [-0.25, -0.2) is 4.39 Å². The predicted molar refractivity (Wildman–Crippen MR) is 117 cm³/mol. The van der Waals surface area contributed by atoms with E-state index in [4.69, 9.17) is 16.3 Å². The molecule has 0 spiro atoms. The first kappa shape index (κ1) is 21.5. The third-order valence-corrected chi connectivity index (χ3v) is 5.89. The molecule has 0 saturated carbocycles. The SMILES string of the molecule is Cc1ccc(NC2=C(c3ccc(F)cc3)C(=O)N(CCN3CCOCC3)C2=O)cc1Cl. The number of hydrogen-bond donors (Lipinski definition) is 1. The second-order valence-corrected chi connectivity index (χ2v) is 7.97. The topological polar surface area (TPSA) is 61.9 Å². The number of imide groups is 1. The maximum Gasteiger partial charge on any atom is 0.278 e. The Morgan fingerprint density at radius 3 is 2.42 bits per heavy atom. The van der Waals surface area contributed by atoms with Gasteiger partial charge in [0.15, 0.2) is 0 Å². The molecule has 0 aliphatic carbocycles. The van der Waals surface area contributed by atoms with Crippen LogP contribution in [0.25, 0.3) is 5.57 Å². The van der Waals surface area contributed by atoms with Crippen LogP contribution in [-0.2, 0) is 14.3 Å². The minimum Gasteiger partial charge on any atom is -0.379 e. The Hall–Kier alpha value is -2.74. The fraction of sp³-hybridized carbons (Fsp3) is 0.304. The number of nitrogens with zero attached hydrogens (tertiary/aromatic N) is 2. The fourth-order valence-corrected chi connectivity index (χ4v) is 3.84. The van der Waals surface area contributed by atoms with E-state index in [-0.39, 0.29) is 17.8 Å². The lowest BCUT2D eigenvalue weighted by Crippen LogP contribution is -2.43. The molecule has 8 heteroatoms. The van der Waals surface area contributed by atoms with Crippen LogP contribution < -0.4 is 5.32 Å². The highest BCUT2D eigenvalue weighted by molar-refractivity contribution is 6.36. The van der Waals surface area contributed by atoms with E-state index in [0.717, 1.165) is 18.7 Å². The van der Waals surface area contributed by atoms with Gasteiger partial charge in [-0.1, -0.05) is 29.8 Å². The molecule has 0 aromatic heterocycles. The molecule has 2 aromatic rings. The van der Waals surface area contributed by atoms with E-state index in [2.05, 4.69) is 10.2 Å². The first-order chi connectivity index (χ1) is 14.9. The van der Waals surface area contributed by atoms with Gasteiger partial charge in [0, 0.05) is 36.9 Å². The molecule has 4 rings (SSSR count). The highest BCUT2D eigenvalue weighted by Gasteiger charge is 2.39. The lowest BCUT2D eigenvalue weighted by molar-refractivity contribution is -0.137. The van der Waals surface area contributed by atoms with Gasteiger partial charge in [0.05, 0.1) is 18.8 Å². The Kier molecular flexibility index (Phi) is 6.36. The van der Waals surface area contributed by atoms with Gasteiger partial charge >= 0.3 is 0 Å². The number of rotatable bonds is 6. The van der Waals surface area contributed by atoms with Crippen molar-refractivity contribution in [3.63, 3.8) is 0 Å². The zero-order chi connectivity index (χ0) is 22.0. The smallest absolute Gasteiger partial charge is 0.278 e. The standard InChI is InChI=1S/C23H23ClFN3O3/c1-15-2-7-18(14-19(15)24)26-21-20(16-3-5-17(25)6-4-16)22(29)28(23(21)30)9-8-27-10-12-31-13-11-27/h2-7,14,26H,8-13H2,1H3. The van der Waals surface area contributed by atoms with Crippen molar-refractivity contribution in [3.05, 3.63) is 70.1 Å². The van der Waals surface area contributed by atoms with Gasteiger partial charge in [0.1, 0.15) is 11.5 Å². The molecule has 2 aromatic carbocycles. The molecule has 0 bridgehead atoms. The van der Waals surface area contributed by atoms with E-state index in [9.17, 15) is 14.0 Å². The second kappa shape index (κ2) is 9.18. The van der Waals surface area contributed by atoms with Crippen LogP contribution in [0, 0.1) is 12.7 Å². The van der Waals surface area contributed by atoms with Crippen LogP contribution >= 0.6 is 11.6 Å². The zero-order valence-electron chi connectivity index (χ0n) is 17.2. The molecule has 0 unspecified atom stereocenters. The number of aryl methyl sites for hydroxylation is 1. The van der Waals surface area contributed by atoms with Gasteiger partial charge in [-0.05, 0) is 42.3 Å². The Bertz CT molecular complexity index is 1030. The number of nitrogens with one attached hydrogen (secondary N) is 1. The normalized spacial score (nSPS) is 17.6. The number of anilines is 1. The molecule has 162 valence electrons. The molecular weight excluding hydrogens is 421 g/mol. The number of benzene rings is 2. The van der Waals surface area contributed by atoms with Crippen molar-refractivity contribution in [1.82, 2.24) is 9.80 Å². The summed E-state index contributed by atoms with van der Waals surface area (Å²) in [5.41, 5.74) is 2.37. The molecule has 6 nitrogen and oxygen atoms in total. The number of hydrogen-bond acceptors (Lipinski definition) is 5. The monoisotopic (exact) mass is 443 g/mol. The van der Waals surface area contributed by atoms with Gasteiger partial charge in [0.2, 0.25) is 0 Å². The van der Waals surface area contributed by atoms with Crippen LogP contribution in [0.15, 0.2) is 48.2 Å². The molecule has 2 aliphatic heterocycles. The second-order valence-electron chi connectivity index (χ2n) is 7.56. The fourth-order valence-electron chi connectivity index (χ4n) is 3.66. The average molecular weight is 444 g/mol. The van der Waals surface area contributed by atoms with E-state index >= 15 is 0 Å². The number of morpholine rings is 1. The molecular formula is C23H23ClFN3O3. The Morgan fingerprint density at radius 1 is 1.03 bits per heavy atom. The van der Waals surface area contributed by atoms with Crippen molar-refractivity contribution in [2.24, 2.45) is 0 Å². The van der Waals surface area contributed by atoms with Gasteiger partial charge in [-0.15, -0.1) is 0 Å². The van der Waals surface area contributed by atoms with E-state index in [1.54, 1.807) is 12.1 Å². The molecule has 0 radical (unpaired) electrons. The van der Waals surface area contributed by atoms with Crippen molar-refractivity contribution in [2.75, 3.05) is 44.7 Å². The number of halogens is 2. The summed E-state index contributed by atoms with van der Waals surface area (Å²) in [5, 5.41) is 3.63. The third kappa shape index (κ3) is 4.63. The third-order valence-electron chi connectivity index (χ3n) is 5.49. The van der Waals surface area contributed by atoms with Crippen LogP contribution in [0.5, 0.6) is 0 Å². The molecule has 1 N–H and O–H groups in total. The van der Waals surface area contributed by atoms with Crippen LogP contribution in [0.2, 0.25) is 5.02 Å². The van der Waals surface area contributed by atoms with Crippen LogP contribution in [-0.4, -0.2) is 61.0 Å². The van der Waals surface area contributed by atoms with Gasteiger partial charge < -0.3 is 10.1 Å². The summed E-state index contributed by atoms with van der Waals surface area (Å²) in [6.45, 7) is 5.53. The number of ether oxygens (including phenoxy) is 1. The lowest BCUT2D eigenvalue weighted by Gasteiger charge is -2.28. The molecule has 0 atom stereocenters. The quantitative estimate of drug-likeness (QED) is 0.694. The van der Waals surface area contributed by atoms with Crippen molar-refractivity contribution < 1.29 is 18.7 Å². The molecule has 31 heavy (non-hydrogen) atoms. The molecule has 1 fully saturated rings. The summed E-state index contributed by atoms with van der Waals surface area (Å²) >= 11 is 6.22. The van der Waals surface area contributed by atoms with Crippen LogP contribution in [0.1, 0.15) is 11.1 Å². The Balaban J connectivity index is 1.63. The first-order valence-electron chi connectivity index (χ1n) is 10.1. The van der Waals surface area contributed by atoms with E-state index in [0.29, 0.717) is 36.0 Å². The highest BCUT2D eigenvalue weighted by atomic mass is 35.5. The van der Waals surface area contributed by atoms with Crippen LogP contribution in [0.3, 0.4) is 0 Å². The number of carbonyl (C=O) groups is 2. The van der Waals surface area contributed by atoms with E-state index in [1.807, 2.05) is 13.0 Å². The Morgan fingerprint density at radius 2 is 1.74 bits per heavy atom. The largest absolute Gasteiger partial charge is 0.379 e. The van der Waals surface area contributed by atoms with Crippen molar-refractivity contribution in [1.29, 1.82) is 0 Å². The predicted octanol–water partition coefficient (Wildman–Crippen LogP) is 3.31. The highest BCUT2D eigenvalue weighted by Crippen LogP contribution is 2.31. The maximum absolute atomic E-state index is 13.5. The summed E-state index contributed by atoms with van der Waals surface area (Å²) in [7, 11) is 0. The van der Waals surface area contributed by atoms with Gasteiger partial charge in [0.25, 0.3) is 11.8 Å². The van der Waals surface area contributed by atoms with Gasteiger partial charge in [-0.2, -0.15) is 0 Å². The minimum atomic E-state index is -0.412. The van der Waals surface area contributed by atoms with Crippen molar-refractivity contribution in [3.8, 4) is 0 Å². The Labute approximate surface area is 185 Å². The molecule has 2 heterocycles. The van der Waals surface area contributed by atoms with Crippen molar-refractivity contribution >= 4 is 34.7 Å². The number of amides is 2. The number of carbonyl (C=O) groups excluding carboxylic acids is 2. The molecule has 1 saturated heterocycles. The molecule has 2 aliphatic rings. The summed E-state index contributed by atoms with van der Waals surface area (Å²) in [5.74, 6) is -1.22. The van der Waals surface area contributed by atoms with E-state index in [1.165, 1.54) is 29.2 Å². The zero-order valence-corrected chi connectivity index (χ0v) is 17.9. The minimum absolute atomic E-state index is 0.165. The van der Waals surface area contributed by atoms with Crippen LogP contribution in [0.4, 0.5) is 10.1 Å². The van der Waals surface area contributed by atoms with E-state index < -0.39 is 17.6 Å². The summed E-state index contributed by atoms with van der Waals surface area (Å²) in [6.07, 6.45) is 0. The van der Waals surface area contributed by atoms with Gasteiger partial charge in [-0.3, -0.25) is 19.4 Å². The maximum atomic E-state index is 13.5.